The summed E-state index contributed by atoms with van der Waals surface area (Å²) in [7, 11) is 0. The zero-order valence-corrected chi connectivity index (χ0v) is 10.7. The highest BCUT2D eigenvalue weighted by Gasteiger charge is 2.02. The van der Waals surface area contributed by atoms with Crippen LogP contribution in [0.15, 0.2) is 15.9 Å². The molecule has 1 heterocycles. The van der Waals surface area contributed by atoms with E-state index in [9.17, 15) is 0 Å². The van der Waals surface area contributed by atoms with E-state index in [2.05, 4.69) is 39.6 Å². The Morgan fingerprint density at radius 3 is 3.00 bits per heavy atom. The average Bonchev–Trinajstić information content (AvgIpc) is 2.58. The van der Waals surface area contributed by atoms with Crippen LogP contribution in [-0.2, 0) is 6.54 Å². The molecule has 1 rings (SSSR count). The SMILES string of the molecule is C[C@@H](CCCO)NCc1cc(Br)cs1. The van der Waals surface area contributed by atoms with Crippen LogP contribution in [0.3, 0.4) is 0 Å². The third kappa shape index (κ3) is 4.55. The van der Waals surface area contributed by atoms with Crippen LogP contribution in [0.5, 0.6) is 0 Å². The Labute approximate surface area is 97.5 Å². The third-order valence-electron chi connectivity index (χ3n) is 2.04. The maximum absolute atomic E-state index is 8.67. The van der Waals surface area contributed by atoms with Crippen molar-refractivity contribution in [3.8, 4) is 0 Å². The fourth-order valence-corrected chi connectivity index (χ4v) is 2.62. The molecule has 2 N–H and O–H groups in total. The van der Waals surface area contributed by atoms with Gasteiger partial charge >= 0.3 is 0 Å². The average molecular weight is 278 g/mol. The molecule has 0 bridgehead atoms. The lowest BCUT2D eigenvalue weighted by atomic mass is 10.2. The third-order valence-corrected chi connectivity index (χ3v) is 3.74. The van der Waals surface area contributed by atoms with Crippen LogP contribution < -0.4 is 5.32 Å². The largest absolute Gasteiger partial charge is 0.396 e. The quantitative estimate of drug-likeness (QED) is 0.838. The molecule has 0 radical (unpaired) electrons. The number of aliphatic hydroxyl groups is 1. The molecule has 80 valence electrons. The van der Waals surface area contributed by atoms with Crippen molar-refractivity contribution in [3.63, 3.8) is 0 Å². The maximum atomic E-state index is 8.67. The van der Waals surface area contributed by atoms with Crippen molar-refractivity contribution in [2.45, 2.75) is 32.4 Å². The molecule has 1 atom stereocenters. The summed E-state index contributed by atoms with van der Waals surface area (Å²) < 4.78 is 1.15. The van der Waals surface area contributed by atoms with Gasteiger partial charge < -0.3 is 10.4 Å². The van der Waals surface area contributed by atoms with Gasteiger partial charge in [-0.25, -0.2) is 0 Å². The Hall–Kier alpha value is 0.1000. The number of thiophene rings is 1. The van der Waals surface area contributed by atoms with Crippen LogP contribution >= 0.6 is 27.3 Å². The molecule has 0 aliphatic rings. The molecule has 2 nitrogen and oxygen atoms in total. The van der Waals surface area contributed by atoms with E-state index in [0.717, 1.165) is 23.9 Å². The van der Waals surface area contributed by atoms with E-state index >= 15 is 0 Å². The van der Waals surface area contributed by atoms with E-state index in [1.165, 1.54) is 4.88 Å². The van der Waals surface area contributed by atoms with Crippen molar-refractivity contribution in [3.05, 3.63) is 20.8 Å². The smallest absolute Gasteiger partial charge is 0.0431 e. The normalized spacial score (nSPS) is 13.1. The Morgan fingerprint density at radius 1 is 1.64 bits per heavy atom. The number of rotatable bonds is 6. The molecule has 0 saturated heterocycles. The fraction of sp³-hybridized carbons (Fsp3) is 0.600. The van der Waals surface area contributed by atoms with E-state index in [-0.39, 0.29) is 6.61 Å². The van der Waals surface area contributed by atoms with Crippen LogP contribution in [0.25, 0.3) is 0 Å². The van der Waals surface area contributed by atoms with Crippen LogP contribution in [0.1, 0.15) is 24.6 Å². The first-order valence-electron chi connectivity index (χ1n) is 4.79. The molecule has 0 aliphatic carbocycles. The van der Waals surface area contributed by atoms with E-state index in [0.29, 0.717) is 6.04 Å². The summed E-state index contributed by atoms with van der Waals surface area (Å²) in [5.74, 6) is 0. The predicted octanol–water partition coefficient (Wildman–Crippen LogP) is 2.76. The lowest BCUT2D eigenvalue weighted by molar-refractivity contribution is 0.276. The van der Waals surface area contributed by atoms with E-state index in [1.807, 2.05) is 0 Å². The molecule has 0 spiro atoms. The monoisotopic (exact) mass is 277 g/mol. The number of hydrogen-bond donors (Lipinski definition) is 2. The second kappa shape index (κ2) is 6.56. The molecule has 1 aromatic rings. The van der Waals surface area contributed by atoms with Crippen LogP contribution in [0, 0.1) is 0 Å². The molecule has 0 aromatic carbocycles. The lowest BCUT2D eigenvalue weighted by Crippen LogP contribution is -2.25. The van der Waals surface area contributed by atoms with E-state index in [4.69, 9.17) is 5.11 Å². The summed E-state index contributed by atoms with van der Waals surface area (Å²) in [6.45, 7) is 3.36. The maximum Gasteiger partial charge on any atom is 0.0431 e. The molecule has 0 fully saturated rings. The molecular weight excluding hydrogens is 262 g/mol. The van der Waals surface area contributed by atoms with Gasteiger partial charge in [-0.05, 0) is 41.8 Å². The number of nitrogens with one attached hydrogen (secondary N) is 1. The summed E-state index contributed by atoms with van der Waals surface area (Å²) in [4.78, 5) is 1.34. The van der Waals surface area contributed by atoms with Crippen molar-refractivity contribution in [2.24, 2.45) is 0 Å². The Morgan fingerprint density at radius 2 is 2.43 bits per heavy atom. The minimum atomic E-state index is 0.288. The van der Waals surface area contributed by atoms with Gasteiger partial charge in [-0.2, -0.15) is 0 Å². The Balaban J connectivity index is 2.20. The highest BCUT2D eigenvalue weighted by molar-refractivity contribution is 9.10. The van der Waals surface area contributed by atoms with Gasteiger partial charge in [0, 0.05) is 33.9 Å². The second-order valence-corrected chi connectivity index (χ2v) is 5.29. The molecule has 0 unspecified atom stereocenters. The molecular formula is C10H16BrNOS. The Kier molecular flexibility index (Phi) is 5.70. The molecule has 4 heteroatoms. The van der Waals surface area contributed by atoms with E-state index in [1.54, 1.807) is 11.3 Å². The van der Waals surface area contributed by atoms with Crippen LogP contribution in [0.4, 0.5) is 0 Å². The van der Waals surface area contributed by atoms with Gasteiger partial charge in [0.2, 0.25) is 0 Å². The van der Waals surface area contributed by atoms with Crippen molar-refractivity contribution in [1.29, 1.82) is 0 Å². The van der Waals surface area contributed by atoms with Gasteiger partial charge in [-0.3, -0.25) is 0 Å². The minimum absolute atomic E-state index is 0.288. The molecule has 0 saturated carbocycles. The van der Waals surface area contributed by atoms with Gasteiger partial charge in [-0.15, -0.1) is 11.3 Å². The molecule has 0 aliphatic heterocycles. The van der Waals surface area contributed by atoms with Crippen LogP contribution in [0.2, 0.25) is 0 Å². The first kappa shape index (κ1) is 12.2. The van der Waals surface area contributed by atoms with Crippen molar-refractivity contribution in [1.82, 2.24) is 5.32 Å². The molecule has 1 aromatic heterocycles. The summed E-state index contributed by atoms with van der Waals surface area (Å²) in [5, 5.41) is 14.2. The standard InChI is InChI=1S/C10H16BrNOS/c1-8(3-2-4-13)12-6-10-5-9(11)7-14-10/h5,7-8,12-13H,2-4,6H2,1H3/t8-/m0/s1. The summed E-state index contributed by atoms with van der Waals surface area (Å²) in [6.07, 6.45) is 1.91. The van der Waals surface area contributed by atoms with Crippen molar-refractivity contribution >= 4 is 27.3 Å². The lowest BCUT2D eigenvalue weighted by Gasteiger charge is -2.11. The number of hydrogen-bond acceptors (Lipinski definition) is 3. The summed E-state index contributed by atoms with van der Waals surface area (Å²) in [5.41, 5.74) is 0. The molecule has 0 amide bonds. The highest BCUT2D eigenvalue weighted by Crippen LogP contribution is 2.19. The van der Waals surface area contributed by atoms with Gasteiger partial charge in [0.1, 0.15) is 0 Å². The number of halogens is 1. The van der Waals surface area contributed by atoms with Gasteiger partial charge in [0.25, 0.3) is 0 Å². The van der Waals surface area contributed by atoms with Crippen molar-refractivity contribution < 1.29 is 5.11 Å². The predicted molar refractivity (Wildman–Crippen MR) is 64.6 cm³/mol. The summed E-state index contributed by atoms with van der Waals surface area (Å²) >= 11 is 5.19. The fourth-order valence-electron chi connectivity index (χ4n) is 1.22. The van der Waals surface area contributed by atoms with Crippen molar-refractivity contribution in [2.75, 3.05) is 6.61 Å². The van der Waals surface area contributed by atoms with Gasteiger partial charge in [0.15, 0.2) is 0 Å². The summed E-state index contributed by atoms with van der Waals surface area (Å²) in [6, 6.07) is 2.61. The van der Waals surface area contributed by atoms with Crippen LogP contribution in [-0.4, -0.2) is 17.8 Å². The van der Waals surface area contributed by atoms with E-state index < -0.39 is 0 Å². The van der Waals surface area contributed by atoms with Gasteiger partial charge in [-0.1, -0.05) is 0 Å². The first-order valence-corrected chi connectivity index (χ1v) is 6.47. The number of aliphatic hydroxyl groups excluding tert-OH is 1. The zero-order chi connectivity index (χ0) is 10.4. The minimum Gasteiger partial charge on any atom is -0.396 e. The Bertz CT molecular complexity index is 264. The molecule has 14 heavy (non-hydrogen) atoms. The van der Waals surface area contributed by atoms with Gasteiger partial charge in [0.05, 0.1) is 0 Å². The zero-order valence-electron chi connectivity index (χ0n) is 8.29. The first-order chi connectivity index (χ1) is 6.72. The highest BCUT2D eigenvalue weighted by atomic mass is 79.9. The second-order valence-electron chi connectivity index (χ2n) is 3.38. The topological polar surface area (TPSA) is 32.3 Å².